The molecular weight excluding hydrogens is 410 g/mol. The number of hydrogen-bond acceptors (Lipinski definition) is 7. The highest BCUT2D eigenvalue weighted by atomic mass is 16.7. The highest BCUT2D eigenvalue weighted by molar-refractivity contribution is 5.64. The van der Waals surface area contributed by atoms with Gasteiger partial charge in [0, 0.05) is 6.04 Å². The number of rotatable bonds is 7. The lowest BCUT2D eigenvalue weighted by atomic mass is 9.54. The van der Waals surface area contributed by atoms with Gasteiger partial charge in [-0.1, -0.05) is 25.8 Å². The maximum atomic E-state index is 11.9. The maximum Gasteiger partial charge on any atom is 0.513 e. The summed E-state index contributed by atoms with van der Waals surface area (Å²) in [6.45, 7) is 8.26. The molecule has 1 saturated carbocycles. The summed E-state index contributed by atoms with van der Waals surface area (Å²) in [5.41, 5.74) is 2.55. The minimum absolute atomic E-state index is 0.00242. The third kappa shape index (κ3) is 4.87. The van der Waals surface area contributed by atoms with Crippen LogP contribution < -0.4 is 4.74 Å². The number of nitrogens with zero attached hydrogens (tertiary/aromatic N) is 1. The Hall–Kier alpha value is -2.28. The maximum absolute atomic E-state index is 11.9. The summed E-state index contributed by atoms with van der Waals surface area (Å²) >= 11 is 0. The lowest BCUT2D eigenvalue weighted by Crippen LogP contribution is -2.56. The largest absolute Gasteiger partial charge is 0.513 e. The number of hydrogen-bond donors (Lipinski definition) is 0. The van der Waals surface area contributed by atoms with Gasteiger partial charge in [-0.25, -0.2) is 9.59 Å². The van der Waals surface area contributed by atoms with Gasteiger partial charge < -0.3 is 18.9 Å². The van der Waals surface area contributed by atoms with Crippen molar-refractivity contribution in [2.75, 3.05) is 20.3 Å². The number of ether oxygens (including phenoxy) is 4. The van der Waals surface area contributed by atoms with E-state index in [-0.39, 0.29) is 24.3 Å². The van der Waals surface area contributed by atoms with E-state index in [0.717, 1.165) is 25.7 Å². The van der Waals surface area contributed by atoms with Crippen LogP contribution in [0.2, 0.25) is 0 Å². The minimum atomic E-state index is -0.670. The van der Waals surface area contributed by atoms with Crippen molar-refractivity contribution in [3.05, 3.63) is 29.3 Å². The van der Waals surface area contributed by atoms with Crippen molar-refractivity contribution in [2.24, 2.45) is 5.92 Å². The van der Waals surface area contributed by atoms with Crippen molar-refractivity contribution >= 4 is 12.3 Å². The zero-order chi connectivity index (χ0) is 23.3. The van der Waals surface area contributed by atoms with Crippen LogP contribution in [0.15, 0.2) is 18.2 Å². The fourth-order valence-electron chi connectivity index (χ4n) is 5.73. The fraction of sp³-hybridized carbons (Fsp3) is 0.680. The van der Waals surface area contributed by atoms with Gasteiger partial charge in [0.15, 0.2) is 6.23 Å². The monoisotopic (exact) mass is 447 g/mol. The Bertz CT molecular complexity index is 812. The summed E-state index contributed by atoms with van der Waals surface area (Å²) < 4.78 is 20.9. The van der Waals surface area contributed by atoms with Gasteiger partial charge in [0.1, 0.15) is 5.75 Å². The second-order valence-corrected chi connectivity index (χ2v) is 8.80. The number of fused-ring (bicyclic) bond motifs is 3. The SMILES string of the molecule is CCOC(=O)Oc1ccc2c(c1)[C@@]1(CC)CCCCC1C(N(C)C(C)OC(=O)OCC)C2. The van der Waals surface area contributed by atoms with E-state index in [2.05, 4.69) is 17.9 Å². The van der Waals surface area contributed by atoms with Crippen molar-refractivity contribution in [1.29, 1.82) is 0 Å². The van der Waals surface area contributed by atoms with Gasteiger partial charge in [-0.2, -0.15) is 0 Å². The van der Waals surface area contributed by atoms with Crippen molar-refractivity contribution < 1.29 is 28.5 Å². The van der Waals surface area contributed by atoms with E-state index >= 15 is 0 Å². The van der Waals surface area contributed by atoms with Crippen molar-refractivity contribution in [3.63, 3.8) is 0 Å². The molecular formula is C25H37NO6. The molecule has 0 heterocycles. The van der Waals surface area contributed by atoms with E-state index in [0.29, 0.717) is 18.3 Å². The van der Waals surface area contributed by atoms with Crippen LogP contribution in [0.25, 0.3) is 0 Å². The van der Waals surface area contributed by atoms with E-state index in [1.54, 1.807) is 13.8 Å². The molecule has 2 aliphatic carbocycles. The molecule has 1 aromatic rings. The van der Waals surface area contributed by atoms with E-state index in [9.17, 15) is 9.59 Å². The Morgan fingerprint density at radius 1 is 1.12 bits per heavy atom. The van der Waals surface area contributed by atoms with Crippen molar-refractivity contribution in [1.82, 2.24) is 4.90 Å². The van der Waals surface area contributed by atoms with Gasteiger partial charge in [-0.15, -0.1) is 0 Å². The lowest BCUT2D eigenvalue weighted by Gasteiger charge is -2.54. The van der Waals surface area contributed by atoms with Crippen molar-refractivity contribution in [3.8, 4) is 5.75 Å². The summed E-state index contributed by atoms with van der Waals surface area (Å²) in [7, 11) is 2.03. The predicted octanol–water partition coefficient (Wildman–Crippen LogP) is 5.44. The van der Waals surface area contributed by atoms with Gasteiger partial charge in [0.2, 0.25) is 0 Å². The summed E-state index contributed by atoms with van der Waals surface area (Å²) in [5.74, 6) is 0.954. The zero-order valence-corrected chi connectivity index (χ0v) is 20.0. The summed E-state index contributed by atoms with van der Waals surface area (Å²) in [5, 5.41) is 0. The molecule has 1 aromatic carbocycles. The van der Waals surface area contributed by atoms with E-state index < -0.39 is 12.3 Å². The molecule has 7 heteroatoms. The Balaban J connectivity index is 1.92. The quantitative estimate of drug-likeness (QED) is 0.313. The number of likely N-dealkylation sites (N-methyl/N-ethyl adjacent to an activating group) is 1. The first-order chi connectivity index (χ1) is 15.4. The number of carbonyl (C=O) groups excluding carboxylic acids is 2. The predicted molar refractivity (Wildman–Crippen MR) is 121 cm³/mol. The van der Waals surface area contributed by atoms with E-state index in [4.69, 9.17) is 18.9 Å². The highest BCUT2D eigenvalue weighted by Crippen LogP contribution is 2.53. The molecule has 0 spiro atoms. The Labute approximate surface area is 191 Å². The zero-order valence-electron chi connectivity index (χ0n) is 20.0. The minimum Gasteiger partial charge on any atom is -0.435 e. The van der Waals surface area contributed by atoms with Crippen LogP contribution in [0.5, 0.6) is 5.75 Å². The summed E-state index contributed by atoms with van der Waals surface area (Å²) in [6, 6.07) is 6.20. The highest BCUT2D eigenvalue weighted by Gasteiger charge is 2.50. The topological polar surface area (TPSA) is 74.3 Å². The molecule has 2 aliphatic rings. The molecule has 3 rings (SSSR count). The third-order valence-corrected chi connectivity index (χ3v) is 7.33. The Morgan fingerprint density at radius 2 is 1.84 bits per heavy atom. The third-order valence-electron chi connectivity index (χ3n) is 7.33. The lowest BCUT2D eigenvalue weighted by molar-refractivity contribution is -0.0675. The molecule has 4 atom stereocenters. The standard InChI is InChI=1S/C25H37NO6/c1-6-25-14-10-9-11-20(25)22(26(5)17(4)31-23(27)29-7-2)15-18-12-13-19(16-21(18)25)32-24(28)30-8-3/h12-13,16-17,20,22H,6-11,14-15H2,1-5H3/t17?,20?,22?,25-/m0/s1. The molecule has 0 saturated heterocycles. The second kappa shape index (κ2) is 10.6. The molecule has 0 amide bonds. The van der Waals surface area contributed by atoms with Gasteiger partial charge >= 0.3 is 12.3 Å². The molecule has 178 valence electrons. The van der Waals surface area contributed by atoms with Gasteiger partial charge in [0.05, 0.1) is 13.2 Å². The van der Waals surface area contributed by atoms with Crippen LogP contribution in [-0.4, -0.2) is 49.7 Å². The molecule has 3 unspecified atom stereocenters. The average molecular weight is 448 g/mol. The Kier molecular flexibility index (Phi) is 8.04. The molecule has 0 bridgehead atoms. The number of carbonyl (C=O) groups is 2. The summed E-state index contributed by atoms with van der Waals surface area (Å²) in [4.78, 5) is 25.9. The molecule has 7 nitrogen and oxygen atoms in total. The van der Waals surface area contributed by atoms with Crippen LogP contribution >= 0.6 is 0 Å². The average Bonchev–Trinajstić information content (AvgIpc) is 2.78. The number of benzene rings is 1. The molecule has 0 aliphatic heterocycles. The molecule has 0 aromatic heterocycles. The first-order valence-electron chi connectivity index (χ1n) is 11.9. The van der Waals surface area contributed by atoms with E-state index in [1.807, 2.05) is 26.1 Å². The van der Waals surface area contributed by atoms with Gasteiger partial charge in [0.25, 0.3) is 0 Å². The van der Waals surface area contributed by atoms with Gasteiger partial charge in [-0.3, -0.25) is 4.90 Å². The van der Waals surface area contributed by atoms with Crippen LogP contribution in [0.1, 0.15) is 70.9 Å². The molecule has 1 fully saturated rings. The summed E-state index contributed by atoms with van der Waals surface area (Å²) in [6.07, 6.45) is 4.77. The first kappa shape index (κ1) is 24.4. The van der Waals surface area contributed by atoms with Crippen molar-refractivity contribution in [2.45, 2.75) is 83.9 Å². The molecule has 0 radical (unpaired) electrons. The van der Waals surface area contributed by atoms with Crippen LogP contribution in [0.4, 0.5) is 9.59 Å². The van der Waals surface area contributed by atoms with Crippen LogP contribution in [0.3, 0.4) is 0 Å². The fourth-order valence-corrected chi connectivity index (χ4v) is 5.73. The molecule has 0 N–H and O–H groups in total. The second-order valence-electron chi connectivity index (χ2n) is 8.80. The van der Waals surface area contributed by atoms with E-state index in [1.165, 1.54) is 24.0 Å². The Morgan fingerprint density at radius 3 is 2.53 bits per heavy atom. The first-order valence-corrected chi connectivity index (χ1v) is 11.9. The normalized spacial score (nSPS) is 25.3. The smallest absolute Gasteiger partial charge is 0.435 e. The van der Waals surface area contributed by atoms with Crippen LogP contribution in [-0.2, 0) is 26.0 Å². The van der Waals surface area contributed by atoms with Gasteiger partial charge in [-0.05, 0) is 88.1 Å². The van der Waals surface area contributed by atoms with Crippen LogP contribution in [0, 0.1) is 5.92 Å². The molecule has 32 heavy (non-hydrogen) atoms.